The highest BCUT2D eigenvalue weighted by molar-refractivity contribution is 5.95. The molecule has 7 heteroatoms. The van der Waals surface area contributed by atoms with Crippen LogP contribution in [-0.4, -0.2) is 43.1 Å². The van der Waals surface area contributed by atoms with E-state index in [-0.39, 0.29) is 5.91 Å². The zero-order valence-corrected chi connectivity index (χ0v) is 16.4. The first-order valence-electron chi connectivity index (χ1n) is 9.21. The topological polar surface area (TPSA) is 74.6 Å². The normalized spacial score (nSPS) is 13.4. The maximum atomic E-state index is 12.5. The van der Waals surface area contributed by atoms with E-state index in [1.807, 2.05) is 0 Å². The smallest absolute Gasteiger partial charge is 0.251 e. The number of methoxy groups -OCH3 is 2. The summed E-state index contributed by atoms with van der Waals surface area (Å²) < 4.78 is 18.1. The van der Waals surface area contributed by atoms with Crippen LogP contribution in [0.4, 0.5) is 0 Å². The summed E-state index contributed by atoms with van der Waals surface area (Å²) in [7, 11) is 3.12. The molecule has 0 fully saturated rings. The van der Waals surface area contributed by atoms with Gasteiger partial charge in [0.15, 0.2) is 0 Å². The SMILES string of the molecule is COc1cc(OC)cc(C(=O)NCCc2nn(C(C)C)c3c2COCC3)c1. The summed E-state index contributed by atoms with van der Waals surface area (Å²) in [6.45, 7) is 6.09. The number of benzene rings is 1. The van der Waals surface area contributed by atoms with Crippen LogP contribution in [0.3, 0.4) is 0 Å². The zero-order valence-electron chi connectivity index (χ0n) is 16.4. The Hall–Kier alpha value is -2.54. The van der Waals surface area contributed by atoms with Gasteiger partial charge in [-0.3, -0.25) is 9.48 Å². The summed E-state index contributed by atoms with van der Waals surface area (Å²) in [6, 6.07) is 5.44. The van der Waals surface area contributed by atoms with Crippen LogP contribution in [0.1, 0.15) is 47.2 Å². The molecular weight excluding hydrogens is 346 g/mol. The minimum atomic E-state index is -0.166. The lowest BCUT2D eigenvalue weighted by Crippen LogP contribution is -2.26. The van der Waals surface area contributed by atoms with Gasteiger partial charge in [0, 0.05) is 48.3 Å². The highest BCUT2D eigenvalue weighted by Crippen LogP contribution is 2.24. The van der Waals surface area contributed by atoms with Gasteiger partial charge in [-0.1, -0.05) is 0 Å². The molecule has 0 aliphatic carbocycles. The van der Waals surface area contributed by atoms with Gasteiger partial charge in [0.05, 0.1) is 33.1 Å². The molecule has 0 bridgehead atoms. The van der Waals surface area contributed by atoms with Crippen LogP contribution in [-0.2, 0) is 24.2 Å². The van der Waals surface area contributed by atoms with Crippen molar-refractivity contribution in [2.45, 2.75) is 39.3 Å². The lowest BCUT2D eigenvalue weighted by Gasteiger charge is -2.16. The van der Waals surface area contributed by atoms with Gasteiger partial charge in [-0.15, -0.1) is 0 Å². The van der Waals surface area contributed by atoms with E-state index in [4.69, 9.17) is 19.3 Å². The van der Waals surface area contributed by atoms with E-state index >= 15 is 0 Å². The number of rotatable bonds is 7. The second-order valence-electron chi connectivity index (χ2n) is 6.82. The van der Waals surface area contributed by atoms with Crippen molar-refractivity contribution in [3.05, 3.63) is 40.7 Å². The van der Waals surface area contributed by atoms with Crippen molar-refractivity contribution in [3.8, 4) is 11.5 Å². The number of hydrogen-bond acceptors (Lipinski definition) is 5. The first kappa shape index (κ1) is 19.2. The Morgan fingerprint density at radius 1 is 1.26 bits per heavy atom. The second kappa shape index (κ2) is 8.43. The Kier molecular flexibility index (Phi) is 6.01. The Morgan fingerprint density at radius 3 is 2.59 bits per heavy atom. The van der Waals surface area contributed by atoms with E-state index < -0.39 is 0 Å². The summed E-state index contributed by atoms with van der Waals surface area (Å²) in [4.78, 5) is 12.5. The van der Waals surface area contributed by atoms with Gasteiger partial charge in [0.1, 0.15) is 11.5 Å². The number of aromatic nitrogens is 2. The highest BCUT2D eigenvalue weighted by Gasteiger charge is 2.22. The lowest BCUT2D eigenvalue weighted by atomic mass is 10.1. The fourth-order valence-corrected chi connectivity index (χ4v) is 3.29. The van der Waals surface area contributed by atoms with E-state index in [1.54, 1.807) is 32.4 Å². The molecule has 1 aliphatic rings. The van der Waals surface area contributed by atoms with E-state index in [1.165, 1.54) is 11.3 Å². The fraction of sp³-hybridized carbons (Fsp3) is 0.500. The van der Waals surface area contributed by atoms with Crippen molar-refractivity contribution < 1.29 is 19.0 Å². The number of ether oxygens (including phenoxy) is 3. The quantitative estimate of drug-likeness (QED) is 0.807. The standard InChI is InChI=1S/C20H27N3O4/c1-13(2)23-19-6-8-27-12-17(19)18(22-23)5-7-21-20(24)14-9-15(25-3)11-16(10-14)26-4/h9-11,13H,5-8,12H2,1-4H3,(H,21,24). The number of carbonyl (C=O) groups excluding carboxylic acids is 1. The van der Waals surface area contributed by atoms with Gasteiger partial charge >= 0.3 is 0 Å². The molecular formula is C20H27N3O4. The van der Waals surface area contributed by atoms with Crippen LogP contribution >= 0.6 is 0 Å². The molecule has 1 amide bonds. The molecule has 3 rings (SSSR count). The average molecular weight is 373 g/mol. The van der Waals surface area contributed by atoms with Gasteiger partial charge in [-0.05, 0) is 26.0 Å². The van der Waals surface area contributed by atoms with Crippen molar-refractivity contribution in [2.24, 2.45) is 0 Å². The van der Waals surface area contributed by atoms with E-state index in [9.17, 15) is 4.79 Å². The predicted molar refractivity (Wildman–Crippen MR) is 102 cm³/mol. The zero-order chi connectivity index (χ0) is 19.4. The minimum Gasteiger partial charge on any atom is -0.497 e. The highest BCUT2D eigenvalue weighted by atomic mass is 16.5. The van der Waals surface area contributed by atoms with Gasteiger partial charge in [0.25, 0.3) is 5.91 Å². The molecule has 1 aromatic carbocycles. The summed E-state index contributed by atoms with van der Waals surface area (Å²) in [5.74, 6) is 1.00. The van der Waals surface area contributed by atoms with Gasteiger partial charge < -0.3 is 19.5 Å². The number of amides is 1. The largest absolute Gasteiger partial charge is 0.497 e. The third-order valence-corrected chi connectivity index (χ3v) is 4.68. The van der Waals surface area contributed by atoms with Crippen LogP contribution < -0.4 is 14.8 Å². The molecule has 0 radical (unpaired) electrons. The number of hydrogen-bond donors (Lipinski definition) is 1. The maximum Gasteiger partial charge on any atom is 0.251 e. The number of nitrogens with one attached hydrogen (secondary N) is 1. The summed E-state index contributed by atoms with van der Waals surface area (Å²) in [6.07, 6.45) is 1.55. The number of carbonyl (C=O) groups is 1. The molecule has 146 valence electrons. The fourth-order valence-electron chi connectivity index (χ4n) is 3.29. The first-order valence-corrected chi connectivity index (χ1v) is 9.21. The Labute approximate surface area is 159 Å². The van der Waals surface area contributed by atoms with Crippen molar-refractivity contribution in [1.29, 1.82) is 0 Å². The molecule has 1 aromatic heterocycles. The van der Waals surface area contributed by atoms with Crippen LogP contribution in [0.5, 0.6) is 11.5 Å². The summed E-state index contributed by atoms with van der Waals surface area (Å²) >= 11 is 0. The van der Waals surface area contributed by atoms with Gasteiger partial charge in [-0.25, -0.2) is 0 Å². The molecule has 0 spiro atoms. The maximum absolute atomic E-state index is 12.5. The molecule has 27 heavy (non-hydrogen) atoms. The molecule has 0 unspecified atom stereocenters. The second-order valence-corrected chi connectivity index (χ2v) is 6.82. The molecule has 7 nitrogen and oxygen atoms in total. The van der Waals surface area contributed by atoms with Crippen molar-refractivity contribution in [3.63, 3.8) is 0 Å². The van der Waals surface area contributed by atoms with Crippen LogP contribution in [0.25, 0.3) is 0 Å². The lowest BCUT2D eigenvalue weighted by molar-refractivity contribution is 0.0953. The van der Waals surface area contributed by atoms with Crippen molar-refractivity contribution >= 4 is 5.91 Å². The van der Waals surface area contributed by atoms with E-state index in [2.05, 4.69) is 23.8 Å². The van der Waals surface area contributed by atoms with Crippen molar-refractivity contribution in [2.75, 3.05) is 27.4 Å². The third kappa shape index (κ3) is 4.24. The Morgan fingerprint density at radius 2 is 1.96 bits per heavy atom. The first-order chi connectivity index (χ1) is 13.0. The average Bonchev–Trinajstić information content (AvgIpc) is 3.06. The van der Waals surface area contributed by atoms with Gasteiger partial charge in [0.2, 0.25) is 0 Å². The monoisotopic (exact) mass is 373 g/mol. The molecule has 1 N–H and O–H groups in total. The minimum absolute atomic E-state index is 0.166. The van der Waals surface area contributed by atoms with Crippen LogP contribution in [0.15, 0.2) is 18.2 Å². The Balaban J connectivity index is 1.67. The number of nitrogens with zero attached hydrogens (tertiary/aromatic N) is 2. The Bertz CT molecular complexity index is 792. The van der Waals surface area contributed by atoms with Crippen LogP contribution in [0.2, 0.25) is 0 Å². The number of fused-ring (bicyclic) bond motifs is 1. The molecule has 1 aliphatic heterocycles. The molecule has 0 saturated heterocycles. The molecule has 2 heterocycles. The van der Waals surface area contributed by atoms with Crippen molar-refractivity contribution in [1.82, 2.24) is 15.1 Å². The third-order valence-electron chi connectivity index (χ3n) is 4.68. The van der Waals surface area contributed by atoms with E-state index in [0.717, 1.165) is 18.7 Å². The van der Waals surface area contributed by atoms with Gasteiger partial charge in [-0.2, -0.15) is 5.10 Å². The predicted octanol–water partition coefficient (Wildman–Crippen LogP) is 2.53. The molecule has 0 atom stereocenters. The summed E-state index contributed by atoms with van der Waals surface area (Å²) in [5, 5.41) is 7.72. The van der Waals surface area contributed by atoms with Crippen LogP contribution in [0, 0.1) is 0 Å². The molecule has 0 saturated carbocycles. The molecule has 2 aromatic rings. The summed E-state index contributed by atoms with van der Waals surface area (Å²) in [5.41, 5.74) is 3.94. The van der Waals surface area contributed by atoms with E-state index in [0.29, 0.717) is 42.7 Å².